The van der Waals surface area contributed by atoms with Crippen molar-refractivity contribution in [3.63, 3.8) is 0 Å². The van der Waals surface area contributed by atoms with Crippen LogP contribution in [0.25, 0.3) is 0 Å². The maximum absolute atomic E-state index is 13.0. The number of aromatic nitrogens is 1. The number of carbonyl (C=O) groups is 2. The summed E-state index contributed by atoms with van der Waals surface area (Å²) in [7, 11) is 0. The molecule has 5 nitrogen and oxygen atoms in total. The van der Waals surface area contributed by atoms with Gasteiger partial charge in [-0.25, -0.2) is 4.98 Å². The Labute approximate surface area is 183 Å². The molecule has 0 radical (unpaired) electrons. The minimum atomic E-state index is -4.68. The number of hydrogen-bond donors (Lipinski definition) is 1. The van der Waals surface area contributed by atoms with E-state index < -0.39 is 23.7 Å². The van der Waals surface area contributed by atoms with Crippen LogP contribution in [0, 0.1) is 0 Å². The molecule has 3 rings (SSSR count). The molecule has 0 saturated heterocycles. The second-order valence-corrected chi connectivity index (χ2v) is 8.10. The molecule has 0 fully saturated rings. The van der Waals surface area contributed by atoms with Crippen LogP contribution in [0.15, 0.2) is 62.9 Å². The fraction of sp³-hybridized carbons (Fsp3) is 0.0556. The van der Waals surface area contributed by atoms with Gasteiger partial charge < -0.3 is 0 Å². The van der Waals surface area contributed by atoms with Crippen molar-refractivity contribution in [2.45, 2.75) is 6.18 Å². The lowest BCUT2D eigenvalue weighted by molar-refractivity contribution is -0.140. The van der Waals surface area contributed by atoms with Crippen molar-refractivity contribution in [1.29, 1.82) is 0 Å². The molecule has 0 spiro atoms. The average molecular weight is 549 g/mol. The van der Waals surface area contributed by atoms with Crippen LogP contribution in [0.2, 0.25) is 0 Å². The molecule has 11 heteroatoms. The minimum absolute atomic E-state index is 0.142. The summed E-state index contributed by atoms with van der Waals surface area (Å²) >= 11 is 7.05. The maximum atomic E-state index is 13.0. The number of alkyl halides is 3. The minimum Gasteiger partial charge on any atom is -0.267 e. The Morgan fingerprint density at radius 3 is 2.03 bits per heavy atom. The van der Waals surface area contributed by atoms with E-state index in [2.05, 4.69) is 42.3 Å². The smallest absolute Gasteiger partial charge is 0.267 e. The first-order valence-electron chi connectivity index (χ1n) is 7.85. The Balaban J connectivity index is 2.01. The summed E-state index contributed by atoms with van der Waals surface area (Å²) in [6.45, 7) is 0. The van der Waals surface area contributed by atoms with Gasteiger partial charge in [-0.05, 0) is 56.1 Å². The van der Waals surface area contributed by atoms with Gasteiger partial charge in [0.2, 0.25) is 5.13 Å². The topological polar surface area (TPSA) is 62.3 Å². The standard InChI is InChI=1S/C18H10Br2F3N3O2S/c19-12-7-3-1-5-10(12)15(27)25-26(16(28)11-6-2-4-8-13(11)20)17-24-14(9-29-17)18(21,22)23/h1-9H,(H,25,27). The van der Waals surface area contributed by atoms with Crippen molar-refractivity contribution < 1.29 is 22.8 Å². The highest BCUT2D eigenvalue weighted by molar-refractivity contribution is 9.10. The van der Waals surface area contributed by atoms with Crippen molar-refractivity contribution in [2.75, 3.05) is 5.01 Å². The molecule has 2 amide bonds. The monoisotopic (exact) mass is 547 g/mol. The Morgan fingerprint density at radius 2 is 1.52 bits per heavy atom. The summed E-state index contributed by atoms with van der Waals surface area (Å²) in [5.74, 6) is -1.44. The van der Waals surface area contributed by atoms with Gasteiger partial charge in [-0.15, -0.1) is 11.3 Å². The lowest BCUT2D eigenvalue weighted by atomic mass is 10.2. The second-order valence-electron chi connectivity index (χ2n) is 5.55. The Kier molecular flexibility index (Phi) is 6.39. The number of hydrazine groups is 1. The molecule has 0 bridgehead atoms. The predicted molar refractivity (Wildman–Crippen MR) is 110 cm³/mol. The summed E-state index contributed by atoms with van der Waals surface area (Å²) in [5, 5.41) is 1.17. The summed E-state index contributed by atoms with van der Waals surface area (Å²) in [4.78, 5) is 29.2. The summed E-state index contributed by atoms with van der Waals surface area (Å²) in [6, 6.07) is 12.8. The second kappa shape index (κ2) is 8.64. The van der Waals surface area contributed by atoms with Crippen molar-refractivity contribution in [2.24, 2.45) is 0 Å². The molecule has 0 atom stereocenters. The molecular weight excluding hydrogens is 539 g/mol. The number of anilines is 1. The number of benzene rings is 2. The SMILES string of the molecule is O=C(NN(C(=O)c1ccccc1Br)c1nc(C(F)(F)F)cs1)c1ccccc1Br. The first-order chi connectivity index (χ1) is 13.7. The van der Waals surface area contributed by atoms with E-state index in [0.29, 0.717) is 25.3 Å². The lowest BCUT2D eigenvalue weighted by Crippen LogP contribution is -2.46. The van der Waals surface area contributed by atoms with Gasteiger partial charge >= 0.3 is 6.18 Å². The van der Waals surface area contributed by atoms with Gasteiger partial charge in [-0.1, -0.05) is 24.3 Å². The van der Waals surface area contributed by atoms with E-state index >= 15 is 0 Å². The Morgan fingerprint density at radius 1 is 0.966 bits per heavy atom. The Hall–Kier alpha value is -2.24. The molecule has 1 heterocycles. The Bertz CT molecular complexity index is 1070. The summed E-state index contributed by atoms with van der Waals surface area (Å²) < 4.78 is 39.8. The van der Waals surface area contributed by atoms with Gasteiger partial charge in [0.1, 0.15) is 0 Å². The van der Waals surface area contributed by atoms with E-state index in [4.69, 9.17) is 0 Å². The van der Waals surface area contributed by atoms with Crippen LogP contribution in [0.3, 0.4) is 0 Å². The van der Waals surface area contributed by atoms with E-state index in [1.54, 1.807) is 36.4 Å². The van der Waals surface area contributed by atoms with Crippen LogP contribution in [0.4, 0.5) is 18.3 Å². The van der Waals surface area contributed by atoms with Crippen LogP contribution in [0.1, 0.15) is 26.4 Å². The maximum Gasteiger partial charge on any atom is 0.434 e. The molecule has 2 aromatic carbocycles. The van der Waals surface area contributed by atoms with Crippen LogP contribution >= 0.6 is 43.2 Å². The third kappa shape index (κ3) is 4.85. The average Bonchev–Trinajstić information content (AvgIpc) is 3.16. The molecule has 0 saturated carbocycles. The molecule has 3 aromatic rings. The summed E-state index contributed by atoms with van der Waals surface area (Å²) in [5.41, 5.74) is 1.54. The van der Waals surface area contributed by atoms with Crippen molar-refractivity contribution in [1.82, 2.24) is 10.4 Å². The molecule has 0 aliphatic rings. The lowest BCUT2D eigenvalue weighted by Gasteiger charge is -2.21. The van der Waals surface area contributed by atoms with E-state index in [-0.39, 0.29) is 16.3 Å². The number of nitrogens with zero attached hydrogens (tertiary/aromatic N) is 2. The number of thiazole rings is 1. The van der Waals surface area contributed by atoms with E-state index in [0.717, 1.165) is 5.38 Å². The van der Waals surface area contributed by atoms with Gasteiger partial charge in [-0.3, -0.25) is 15.0 Å². The van der Waals surface area contributed by atoms with Gasteiger partial charge in [0.05, 0.1) is 11.1 Å². The van der Waals surface area contributed by atoms with Crippen molar-refractivity contribution in [3.8, 4) is 0 Å². The number of amides is 2. The summed E-state index contributed by atoms with van der Waals surface area (Å²) in [6.07, 6.45) is -4.68. The number of carbonyl (C=O) groups excluding carboxylic acids is 2. The van der Waals surface area contributed by atoms with Crippen molar-refractivity contribution in [3.05, 3.63) is 79.7 Å². The zero-order valence-corrected chi connectivity index (χ0v) is 18.2. The van der Waals surface area contributed by atoms with E-state index in [1.807, 2.05) is 0 Å². The molecule has 0 unspecified atom stereocenters. The van der Waals surface area contributed by atoms with Crippen LogP contribution in [-0.4, -0.2) is 16.8 Å². The van der Waals surface area contributed by atoms with Crippen LogP contribution < -0.4 is 10.4 Å². The normalized spacial score (nSPS) is 11.2. The van der Waals surface area contributed by atoms with Gasteiger partial charge in [0, 0.05) is 14.3 Å². The first-order valence-corrected chi connectivity index (χ1v) is 10.3. The molecule has 1 N–H and O–H groups in total. The van der Waals surface area contributed by atoms with E-state index in [1.165, 1.54) is 12.1 Å². The van der Waals surface area contributed by atoms with Crippen molar-refractivity contribution >= 4 is 60.1 Å². The zero-order valence-electron chi connectivity index (χ0n) is 14.2. The molecule has 150 valence electrons. The highest BCUT2D eigenvalue weighted by Gasteiger charge is 2.35. The third-order valence-corrected chi connectivity index (χ3v) is 5.82. The highest BCUT2D eigenvalue weighted by Crippen LogP contribution is 2.33. The van der Waals surface area contributed by atoms with Gasteiger partial charge in [-0.2, -0.15) is 18.2 Å². The van der Waals surface area contributed by atoms with Gasteiger partial charge in [0.25, 0.3) is 11.8 Å². The quantitative estimate of drug-likeness (QED) is 0.428. The van der Waals surface area contributed by atoms with E-state index in [9.17, 15) is 22.8 Å². The molecule has 1 aromatic heterocycles. The fourth-order valence-corrected chi connectivity index (χ4v) is 3.95. The highest BCUT2D eigenvalue weighted by atomic mass is 79.9. The van der Waals surface area contributed by atoms with Gasteiger partial charge in [0.15, 0.2) is 5.69 Å². The number of halogens is 5. The number of hydrogen-bond acceptors (Lipinski definition) is 4. The predicted octanol–water partition coefficient (Wildman–Crippen LogP) is 5.68. The molecule has 29 heavy (non-hydrogen) atoms. The fourth-order valence-electron chi connectivity index (χ4n) is 2.24. The number of nitrogens with one attached hydrogen (secondary N) is 1. The number of rotatable bonds is 3. The molecule has 0 aliphatic carbocycles. The largest absolute Gasteiger partial charge is 0.434 e. The third-order valence-electron chi connectivity index (χ3n) is 3.61. The zero-order chi connectivity index (χ0) is 21.2. The van der Waals surface area contributed by atoms with Crippen LogP contribution in [-0.2, 0) is 6.18 Å². The molecular formula is C18H10Br2F3N3O2S. The first kappa shape index (κ1) is 21.5. The molecule has 0 aliphatic heterocycles. The van der Waals surface area contributed by atoms with Crippen LogP contribution in [0.5, 0.6) is 0 Å².